The SMILES string of the molecule is CCCc1cnc(N2CCC(N3CCC4(CC3)CNc3ccccc34)CC2)cn1. The Morgan fingerprint density at radius 2 is 1.83 bits per heavy atom. The van der Waals surface area contributed by atoms with Crippen LogP contribution in [0, 0.1) is 0 Å². The smallest absolute Gasteiger partial charge is 0.147 e. The molecule has 1 aromatic carbocycles. The molecule has 0 atom stereocenters. The largest absolute Gasteiger partial charge is 0.384 e. The Kier molecular flexibility index (Phi) is 5.17. The first kappa shape index (κ1) is 18.9. The Labute approximate surface area is 174 Å². The van der Waals surface area contributed by atoms with Gasteiger partial charge in [-0.1, -0.05) is 31.5 Å². The number of fused-ring (bicyclic) bond motifs is 2. The molecule has 5 rings (SSSR count). The normalized spacial score (nSPS) is 21.9. The summed E-state index contributed by atoms with van der Waals surface area (Å²) in [7, 11) is 0. The molecule has 2 saturated heterocycles. The summed E-state index contributed by atoms with van der Waals surface area (Å²) in [5.41, 5.74) is 4.39. The quantitative estimate of drug-likeness (QED) is 0.857. The highest BCUT2D eigenvalue weighted by atomic mass is 15.2. The van der Waals surface area contributed by atoms with Crippen molar-refractivity contribution in [3.63, 3.8) is 0 Å². The fourth-order valence-electron chi connectivity index (χ4n) is 5.58. The lowest BCUT2D eigenvalue weighted by Crippen LogP contribution is -2.51. The van der Waals surface area contributed by atoms with E-state index >= 15 is 0 Å². The molecule has 5 heteroatoms. The molecule has 1 aromatic heterocycles. The van der Waals surface area contributed by atoms with E-state index in [1.165, 1.54) is 44.5 Å². The fraction of sp³-hybridized carbons (Fsp3) is 0.583. The van der Waals surface area contributed by atoms with Crippen LogP contribution in [0.15, 0.2) is 36.7 Å². The summed E-state index contributed by atoms with van der Waals surface area (Å²) in [6.45, 7) is 7.95. The van der Waals surface area contributed by atoms with Crippen LogP contribution in [0.25, 0.3) is 0 Å². The van der Waals surface area contributed by atoms with Gasteiger partial charge in [0, 0.05) is 36.8 Å². The minimum atomic E-state index is 0.365. The van der Waals surface area contributed by atoms with Crippen LogP contribution in [0.4, 0.5) is 11.5 Å². The van der Waals surface area contributed by atoms with E-state index in [9.17, 15) is 0 Å². The van der Waals surface area contributed by atoms with Gasteiger partial charge in [0.15, 0.2) is 0 Å². The van der Waals surface area contributed by atoms with Crippen LogP contribution in [0.5, 0.6) is 0 Å². The summed E-state index contributed by atoms with van der Waals surface area (Å²) >= 11 is 0. The highest BCUT2D eigenvalue weighted by Gasteiger charge is 2.42. The van der Waals surface area contributed by atoms with E-state index in [4.69, 9.17) is 0 Å². The highest BCUT2D eigenvalue weighted by molar-refractivity contribution is 5.60. The number of aryl methyl sites for hydroxylation is 1. The zero-order valence-electron chi connectivity index (χ0n) is 17.6. The van der Waals surface area contributed by atoms with Gasteiger partial charge in [0.25, 0.3) is 0 Å². The molecule has 1 N–H and O–H groups in total. The van der Waals surface area contributed by atoms with Gasteiger partial charge in [0.2, 0.25) is 0 Å². The van der Waals surface area contributed by atoms with Crippen molar-refractivity contribution < 1.29 is 0 Å². The number of rotatable bonds is 4. The van der Waals surface area contributed by atoms with Crippen molar-refractivity contribution in [3.8, 4) is 0 Å². The molecular weight excluding hydrogens is 358 g/mol. The van der Waals surface area contributed by atoms with Gasteiger partial charge in [-0.3, -0.25) is 4.98 Å². The Morgan fingerprint density at radius 3 is 2.55 bits per heavy atom. The molecule has 29 heavy (non-hydrogen) atoms. The summed E-state index contributed by atoms with van der Waals surface area (Å²) in [4.78, 5) is 14.4. The Balaban J connectivity index is 1.16. The van der Waals surface area contributed by atoms with Crippen molar-refractivity contribution in [1.82, 2.24) is 14.9 Å². The molecule has 154 valence electrons. The molecular formula is C24H33N5. The average Bonchev–Trinajstić information content (AvgIpc) is 3.14. The van der Waals surface area contributed by atoms with Crippen molar-refractivity contribution >= 4 is 11.5 Å². The topological polar surface area (TPSA) is 44.3 Å². The van der Waals surface area contributed by atoms with E-state index in [2.05, 4.69) is 56.3 Å². The van der Waals surface area contributed by atoms with E-state index in [0.717, 1.165) is 50.0 Å². The summed E-state index contributed by atoms with van der Waals surface area (Å²) < 4.78 is 0. The number of nitrogens with one attached hydrogen (secondary N) is 1. The fourth-order valence-corrected chi connectivity index (χ4v) is 5.58. The van der Waals surface area contributed by atoms with Crippen LogP contribution in [0.2, 0.25) is 0 Å². The molecule has 0 bridgehead atoms. The van der Waals surface area contributed by atoms with Crippen LogP contribution in [0.3, 0.4) is 0 Å². The third-order valence-electron chi connectivity index (χ3n) is 7.37. The van der Waals surface area contributed by atoms with Gasteiger partial charge in [-0.2, -0.15) is 0 Å². The predicted octanol–water partition coefficient (Wildman–Crippen LogP) is 3.86. The monoisotopic (exact) mass is 391 g/mol. The molecule has 1 spiro atoms. The van der Waals surface area contributed by atoms with Crippen molar-refractivity contribution in [2.45, 2.75) is 56.9 Å². The molecule has 5 nitrogen and oxygen atoms in total. The summed E-state index contributed by atoms with van der Waals surface area (Å²) in [6.07, 6.45) is 11.1. The summed E-state index contributed by atoms with van der Waals surface area (Å²) in [5, 5.41) is 3.65. The van der Waals surface area contributed by atoms with E-state index in [0.29, 0.717) is 5.41 Å². The van der Waals surface area contributed by atoms with Crippen LogP contribution in [-0.4, -0.2) is 53.6 Å². The third kappa shape index (κ3) is 3.61. The molecule has 2 fully saturated rings. The first-order chi connectivity index (χ1) is 14.3. The van der Waals surface area contributed by atoms with Crippen LogP contribution < -0.4 is 10.2 Å². The molecule has 3 aliphatic rings. The van der Waals surface area contributed by atoms with Crippen molar-refractivity contribution in [1.29, 1.82) is 0 Å². The second-order valence-corrected chi connectivity index (χ2v) is 9.05. The Morgan fingerprint density at radius 1 is 1.03 bits per heavy atom. The Hall–Kier alpha value is -2.14. The van der Waals surface area contributed by atoms with Gasteiger partial charge in [0.05, 0.1) is 18.1 Å². The van der Waals surface area contributed by atoms with Gasteiger partial charge >= 0.3 is 0 Å². The van der Waals surface area contributed by atoms with Crippen molar-refractivity contribution in [2.24, 2.45) is 0 Å². The van der Waals surface area contributed by atoms with Crippen LogP contribution in [-0.2, 0) is 11.8 Å². The number of para-hydroxylation sites is 1. The minimum Gasteiger partial charge on any atom is -0.384 e. The molecule has 3 aliphatic heterocycles. The first-order valence-electron chi connectivity index (χ1n) is 11.4. The molecule has 0 unspecified atom stereocenters. The Bertz CT molecular complexity index is 817. The number of aromatic nitrogens is 2. The average molecular weight is 392 g/mol. The number of hydrogen-bond acceptors (Lipinski definition) is 5. The van der Waals surface area contributed by atoms with Crippen molar-refractivity contribution in [3.05, 3.63) is 47.9 Å². The number of benzene rings is 1. The van der Waals surface area contributed by atoms with Gasteiger partial charge in [-0.05, 0) is 56.8 Å². The van der Waals surface area contributed by atoms with E-state index < -0.39 is 0 Å². The number of nitrogens with zero attached hydrogens (tertiary/aromatic N) is 4. The maximum atomic E-state index is 4.67. The van der Waals surface area contributed by atoms with E-state index in [-0.39, 0.29) is 0 Å². The summed E-state index contributed by atoms with van der Waals surface area (Å²) in [5.74, 6) is 1.05. The van der Waals surface area contributed by atoms with Crippen molar-refractivity contribution in [2.75, 3.05) is 42.9 Å². The summed E-state index contributed by atoms with van der Waals surface area (Å²) in [6, 6.07) is 9.66. The number of hydrogen-bond donors (Lipinski definition) is 1. The maximum Gasteiger partial charge on any atom is 0.147 e. The lowest BCUT2D eigenvalue weighted by atomic mass is 9.74. The predicted molar refractivity (Wildman–Crippen MR) is 119 cm³/mol. The van der Waals surface area contributed by atoms with Gasteiger partial charge in [0.1, 0.15) is 5.82 Å². The van der Waals surface area contributed by atoms with Gasteiger partial charge in [-0.15, -0.1) is 0 Å². The molecule has 0 amide bonds. The standard InChI is InChI=1S/C24H33N5/c1-2-5-19-16-26-23(17-25-19)29-12-8-20(9-13-29)28-14-10-24(11-15-28)18-27-22-7-4-3-6-21(22)24/h3-4,6-7,16-17,20,27H,2,5,8-15,18H2,1H3. The molecule has 2 aromatic rings. The first-order valence-corrected chi connectivity index (χ1v) is 11.4. The number of anilines is 2. The number of piperidine rings is 2. The van der Waals surface area contributed by atoms with E-state index in [1.807, 2.05) is 12.4 Å². The van der Waals surface area contributed by atoms with Gasteiger partial charge < -0.3 is 15.1 Å². The maximum absolute atomic E-state index is 4.67. The van der Waals surface area contributed by atoms with Gasteiger partial charge in [-0.25, -0.2) is 4.98 Å². The lowest BCUT2D eigenvalue weighted by Gasteiger charge is -2.45. The molecule has 4 heterocycles. The zero-order chi connectivity index (χ0) is 19.7. The number of likely N-dealkylation sites (tertiary alicyclic amines) is 1. The van der Waals surface area contributed by atoms with Crippen LogP contribution >= 0.6 is 0 Å². The second-order valence-electron chi connectivity index (χ2n) is 9.05. The third-order valence-corrected chi connectivity index (χ3v) is 7.37. The lowest BCUT2D eigenvalue weighted by molar-refractivity contribution is 0.106. The van der Waals surface area contributed by atoms with Crippen LogP contribution in [0.1, 0.15) is 50.3 Å². The molecule has 0 saturated carbocycles. The zero-order valence-corrected chi connectivity index (χ0v) is 17.6. The second kappa shape index (κ2) is 7.94. The molecule has 0 radical (unpaired) electrons. The van der Waals surface area contributed by atoms with E-state index in [1.54, 1.807) is 5.56 Å². The highest BCUT2D eigenvalue weighted by Crippen LogP contribution is 2.44. The molecule has 0 aliphatic carbocycles. The minimum absolute atomic E-state index is 0.365.